The molecule has 0 saturated carbocycles. The van der Waals surface area contributed by atoms with E-state index in [1.165, 1.54) is 6.08 Å². The van der Waals surface area contributed by atoms with Gasteiger partial charge in [0.25, 0.3) is 11.8 Å². The highest BCUT2D eigenvalue weighted by molar-refractivity contribution is 6.31. The number of nitrogens with one attached hydrogen (secondary N) is 2. The van der Waals surface area contributed by atoms with Crippen molar-refractivity contribution in [1.29, 1.82) is 0 Å². The molecule has 1 aromatic carbocycles. The molecule has 4 amide bonds. The molecule has 0 atom stereocenters. The molecule has 0 radical (unpaired) electrons. The third kappa shape index (κ3) is 2.59. The second kappa shape index (κ2) is 5.09. The van der Waals surface area contributed by atoms with Crippen LogP contribution in [0.25, 0.3) is 17.4 Å². The van der Waals surface area contributed by atoms with Crippen molar-refractivity contribution >= 4 is 23.9 Å². The third-order valence-corrected chi connectivity index (χ3v) is 2.92. The minimum Gasteiger partial charge on any atom is -0.457 e. The monoisotopic (exact) mass is 282 g/mol. The summed E-state index contributed by atoms with van der Waals surface area (Å²) >= 11 is 0. The molecule has 6 heteroatoms. The molecule has 0 unspecified atom stereocenters. The van der Waals surface area contributed by atoms with Gasteiger partial charge >= 0.3 is 6.03 Å². The fourth-order valence-corrected chi connectivity index (χ4v) is 1.94. The van der Waals surface area contributed by atoms with Crippen molar-refractivity contribution < 1.29 is 18.8 Å². The Labute approximate surface area is 119 Å². The molecule has 2 N–H and O–H groups in total. The topological polar surface area (TPSA) is 88.4 Å². The number of imide groups is 2. The standard InChI is InChI=1S/C15H10N2O4/c18-13-11(14(19)17-15(20)16-13)8-10-6-7-12(21-10)9-4-2-1-3-5-9/h1-8H,(H2,16,17,18,19,20). The van der Waals surface area contributed by atoms with Gasteiger partial charge in [0.05, 0.1) is 0 Å². The predicted molar refractivity (Wildman–Crippen MR) is 73.8 cm³/mol. The van der Waals surface area contributed by atoms with Crippen molar-refractivity contribution in [2.75, 3.05) is 0 Å². The maximum absolute atomic E-state index is 11.6. The lowest BCUT2D eigenvalue weighted by atomic mass is 10.1. The van der Waals surface area contributed by atoms with Gasteiger partial charge in [-0.15, -0.1) is 0 Å². The average Bonchev–Trinajstić information content (AvgIpc) is 2.92. The van der Waals surface area contributed by atoms with E-state index in [-0.39, 0.29) is 5.57 Å². The largest absolute Gasteiger partial charge is 0.457 e. The summed E-state index contributed by atoms with van der Waals surface area (Å²) in [5, 5.41) is 4.00. The lowest BCUT2D eigenvalue weighted by molar-refractivity contribution is -0.123. The first-order valence-electron chi connectivity index (χ1n) is 6.17. The van der Waals surface area contributed by atoms with Gasteiger partial charge < -0.3 is 4.42 Å². The molecule has 2 aromatic rings. The van der Waals surface area contributed by atoms with Crippen molar-refractivity contribution in [2.45, 2.75) is 0 Å². The molecule has 2 heterocycles. The van der Waals surface area contributed by atoms with Gasteiger partial charge in [0, 0.05) is 5.56 Å². The Morgan fingerprint density at radius 1 is 0.857 bits per heavy atom. The van der Waals surface area contributed by atoms with Gasteiger partial charge in [-0.05, 0) is 18.2 Å². The zero-order valence-corrected chi connectivity index (χ0v) is 10.8. The summed E-state index contributed by atoms with van der Waals surface area (Å²) in [5.41, 5.74) is 0.707. The number of hydrogen-bond acceptors (Lipinski definition) is 4. The van der Waals surface area contributed by atoms with Gasteiger partial charge in [-0.25, -0.2) is 4.79 Å². The second-order valence-electron chi connectivity index (χ2n) is 4.36. The average molecular weight is 282 g/mol. The van der Waals surface area contributed by atoms with Crippen LogP contribution in [0.1, 0.15) is 5.76 Å². The van der Waals surface area contributed by atoms with Crippen LogP contribution in [0.2, 0.25) is 0 Å². The van der Waals surface area contributed by atoms with E-state index in [4.69, 9.17) is 4.42 Å². The van der Waals surface area contributed by atoms with Crippen molar-refractivity contribution in [3.8, 4) is 11.3 Å². The summed E-state index contributed by atoms with van der Waals surface area (Å²) in [4.78, 5) is 34.1. The van der Waals surface area contributed by atoms with E-state index in [1.807, 2.05) is 41.0 Å². The Hall–Kier alpha value is -3.15. The highest BCUT2D eigenvalue weighted by Gasteiger charge is 2.28. The molecule has 0 aliphatic carbocycles. The SMILES string of the molecule is O=C1NC(=O)C(=Cc2ccc(-c3ccccc3)o2)C(=O)N1. The first-order chi connectivity index (χ1) is 10.1. The van der Waals surface area contributed by atoms with Crippen LogP contribution >= 0.6 is 0 Å². The van der Waals surface area contributed by atoms with Gasteiger partial charge in [0.1, 0.15) is 17.1 Å². The Bertz CT molecular complexity index is 737. The van der Waals surface area contributed by atoms with E-state index in [2.05, 4.69) is 0 Å². The number of urea groups is 1. The lowest BCUT2D eigenvalue weighted by Gasteiger charge is -2.13. The fourth-order valence-electron chi connectivity index (χ4n) is 1.94. The Balaban J connectivity index is 1.90. The Morgan fingerprint density at radius 2 is 1.52 bits per heavy atom. The van der Waals surface area contributed by atoms with E-state index >= 15 is 0 Å². The highest BCUT2D eigenvalue weighted by atomic mass is 16.3. The summed E-state index contributed by atoms with van der Waals surface area (Å²) in [6, 6.07) is 12.0. The molecule has 0 spiro atoms. The van der Waals surface area contributed by atoms with E-state index in [9.17, 15) is 14.4 Å². The minimum atomic E-state index is -0.827. The summed E-state index contributed by atoms with van der Waals surface area (Å²) in [6.07, 6.45) is 1.30. The van der Waals surface area contributed by atoms with Crippen LogP contribution in [-0.2, 0) is 9.59 Å². The first-order valence-corrected chi connectivity index (χ1v) is 6.17. The van der Waals surface area contributed by atoms with Gasteiger partial charge in [-0.3, -0.25) is 20.2 Å². The van der Waals surface area contributed by atoms with E-state index in [1.54, 1.807) is 12.1 Å². The zero-order valence-electron chi connectivity index (χ0n) is 10.8. The maximum Gasteiger partial charge on any atom is 0.328 e. The summed E-state index contributed by atoms with van der Waals surface area (Å²) in [5.74, 6) is -0.526. The number of furan rings is 1. The number of carbonyl (C=O) groups excluding carboxylic acids is 3. The number of carbonyl (C=O) groups is 3. The lowest BCUT2D eigenvalue weighted by Crippen LogP contribution is -2.51. The smallest absolute Gasteiger partial charge is 0.328 e. The van der Waals surface area contributed by atoms with Gasteiger partial charge in [-0.1, -0.05) is 30.3 Å². The van der Waals surface area contributed by atoms with Gasteiger partial charge in [0.15, 0.2) is 0 Å². The summed E-state index contributed by atoms with van der Waals surface area (Å²) in [6.45, 7) is 0. The second-order valence-corrected chi connectivity index (χ2v) is 4.36. The molecule has 1 aliphatic heterocycles. The quantitative estimate of drug-likeness (QED) is 0.648. The minimum absolute atomic E-state index is 0.177. The summed E-state index contributed by atoms with van der Waals surface area (Å²) in [7, 11) is 0. The zero-order chi connectivity index (χ0) is 14.8. The van der Waals surface area contributed by atoms with Crippen LogP contribution in [0.3, 0.4) is 0 Å². The Kier molecular flexibility index (Phi) is 3.12. The molecule has 1 saturated heterocycles. The number of barbiturate groups is 1. The van der Waals surface area contributed by atoms with Crippen LogP contribution in [0.15, 0.2) is 52.5 Å². The van der Waals surface area contributed by atoms with Crippen molar-refractivity contribution in [3.63, 3.8) is 0 Å². The number of benzene rings is 1. The van der Waals surface area contributed by atoms with Crippen molar-refractivity contribution in [3.05, 3.63) is 53.8 Å². The van der Waals surface area contributed by atoms with Crippen molar-refractivity contribution in [1.82, 2.24) is 10.6 Å². The first kappa shape index (κ1) is 12.9. The van der Waals surface area contributed by atoms with E-state index < -0.39 is 17.8 Å². The van der Waals surface area contributed by atoms with Crippen LogP contribution in [0.5, 0.6) is 0 Å². The molecular formula is C15H10N2O4. The molecular weight excluding hydrogens is 272 g/mol. The summed E-state index contributed by atoms with van der Waals surface area (Å²) < 4.78 is 5.57. The van der Waals surface area contributed by atoms with Gasteiger partial charge in [-0.2, -0.15) is 0 Å². The molecule has 3 rings (SSSR count). The number of rotatable bonds is 2. The van der Waals surface area contributed by atoms with Crippen molar-refractivity contribution in [2.24, 2.45) is 0 Å². The van der Waals surface area contributed by atoms with Crippen LogP contribution in [-0.4, -0.2) is 17.8 Å². The fraction of sp³-hybridized carbons (Fsp3) is 0. The molecule has 6 nitrogen and oxygen atoms in total. The number of hydrogen-bond donors (Lipinski definition) is 2. The third-order valence-electron chi connectivity index (χ3n) is 2.92. The molecule has 1 fully saturated rings. The molecule has 1 aliphatic rings. The highest BCUT2D eigenvalue weighted by Crippen LogP contribution is 2.23. The molecule has 21 heavy (non-hydrogen) atoms. The van der Waals surface area contributed by atoms with E-state index in [0.29, 0.717) is 11.5 Å². The number of amides is 4. The Morgan fingerprint density at radius 3 is 2.19 bits per heavy atom. The predicted octanol–water partition coefficient (Wildman–Crippen LogP) is 1.70. The maximum atomic E-state index is 11.6. The van der Waals surface area contributed by atoms with Crippen LogP contribution in [0.4, 0.5) is 4.79 Å². The molecule has 1 aromatic heterocycles. The van der Waals surface area contributed by atoms with Crippen LogP contribution < -0.4 is 10.6 Å². The molecule has 104 valence electrons. The van der Waals surface area contributed by atoms with Gasteiger partial charge in [0.2, 0.25) is 0 Å². The van der Waals surface area contributed by atoms with Crippen LogP contribution in [0, 0.1) is 0 Å². The van der Waals surface area contributed by atoms with E-state index in [0.717, 1.165) is 5.56 Å². The normalized spacial score (nSPS) is 14.7. The molecule has 0 bridgehead atoms.